The quantitative estimate of drug-likeness (QED) is 0.835. The third-order valence-electron chi connectivity index (χ3n) is 3.48. The average Bonchev–Trinajstić information content (AvgIpc) is 3.29. The normalized spacial score (nSPS) is 21.2. The molecule has 1 N–H and O–H groups in total. The van der Waals surface area contributed by atoms with E-state index in [1.165, 1.54) is 4.90 Å². The second-order valence-electron chi connectivity index (χ2n) is 4.96. The fourth-order valence-corrected chi connectivity index (χ4v) is 2.27. The second kappa shape index (κ2) is 5.71. The average molecular weight is 292 g/mol. The van der Waals surface area contributed by atoms with Crippen molar-refractivity contribution in [2.45, 2.75) is 6.10 Å². The summed E-state index contributed by atoms with van der Waals surface area (Å²) in [5, 5.41) is 9.25. The van der Waals surface area contributed by atoms with E-state index in [9.17, 15) is 14.7 Å². The van der Waals surface area contributed by atoms with Gasteiger partial charge >= 0.3 is 6.09 Å². The van der Waals surface area contributed by atoms with Gasteiger partial charge in [0.2, 0.25) is 0 Å². The van der Waals surface area contributed by atoms with Crippen LogP contribution in [0.15, 0.2) is 24.3 Å². The third kappa shape index (κ3) is 3.14. The number of rotatable bonds is 4. The van der Waals surface area contributed by atoms with Crippen LogP contribution in [0.4, 0.5) is 16.2 Å². The Labute approximate surface area is 121 Å². The van der Waals surface area contributed by atoms with E-state index in [0.717, 1.165) is 5.69 Å². The van der Waals surface area contributed by atoms with Gasteiger partial charge < -0.3 is 19.5 Å². The van der Waals surface area contributed by atoms with Crippen molar-refractivity contribution < 1.29 is 24.2 Å². The van der Waals surface area contributed by atoms with Crippen molar-refractivity contribution in [3.63, 3.8) is 0 Å². The largest absolute Gasteiger partial charge is 0.465 e. The van der Waals surface area contributed by atoms with Gasteiger partial charge in [-0.05, 0) is 24.3 Å². The van der Waals surface area contributed by atoms with Crippen LogP contribution in [0.2, 0.25) is 0 Å². The molecule has 0 unspecified atom stereocenters. The van der Waals surface area contributed by atoms with Crippen LogP contribution in [0.1, 0.15) is 0 Å². The van der Waals surface area contributed by atoms with Crippen molar-refractivity contribution in [1.29, 1.82) is 0 Å². The minimum Gasteiger partial charge on any atom is -0.465 e. The van der Waals surface area contributed by atoms with Crippen molar-refractivity contribution in [2.75, 3.05) is 42.7 Å². The minimum atomic E-state index is -1.01. The predicted octanol–water partition coefficient (Wildman–Crippen LogP) is 0.933. The van der Waals surface area contributed by atoms with Gasteiger partial charge in [-0.3, -0.25) is 9.69 Å². The van der Waals surface area contributed by atoms with Crippen LogP contribution in [0.3, 0.4) is 0 Å². The van der Waals surface area contributed by atoms with Crippen LogP contribution in [0.25, 0.3) is 0 Å². The van der Waals surface area contributed by atoms with E-state index in [1.807, 2.05) is 0 Å². The number of nitrogens with zero attached hydrogens (tertiary/aromatic N) is 2. The van der Waals surface area contributed by atoms with Crippen LogP contribution in [0.5, 0.6) is 0 Å². The zero-order chi connectivity index (χ0) is 14.8. The van der Waals surface area contributed by atoms with Crippen molar-refractivity contribution >= 4 is 23.4 Å². The van der Waals surface area contributed by atoms with Gasteiger partial charge in [0, 0.05) is 17.9 Å². The Morgan fingerprint density at radius 2 is 2.10 bits per heavy atom. The van der Waals surface area contributed by atoms with E-state index in [2.05, 4.69) is 0 Å². The molecule has 2 heterocycles. The fraction of sp³-hybridized carbons (Fsp3) is 0.429. The smallest absolute Gasteiger partial charge is 0.411 e. The summed E-state index contributed by atoms with van der Waals surface area (Å²) < 4.78 is 10.2. The lowest BCUT2D eigenvalue weighted by atomic mass is 10.2. The molecule has 0 saturated carbocycles. The lowest BCUT2D eigenvalue weighted by Crippen LogP contribution is -2.41. The first-order valence-electron chi connectivity index (χ1n) is 6.75. The van der Waals surface area contributed by atoms with E-state index < -0.39 is 6.09 Å². The van der Waals surface area contributed by atoms with E-state index in [-0.39, 0.29) is 18.6 Å². The summed E-state index contributed by atoms with van der Waals surface area (Å²) in [6.07, 6.45) is -1.03. The Bertz CT molecular complexity index is 541. The molecule has 1 aromatic rings. The lowest BCUT2D eigenvalue weighted by Gasteiger charge is -2.27. The Kier molecular flexibility index (Phi) is 3.76. The topological polar surface area (TPSA) is 82.6 Å². The first-order valence-corrected chi connectivity index (χ1v) is 6.75. The molecule has 0 aromatic heterocycles. The lowest BCUT2D eigenvalue weighted by molar-refractivity contribution is -0.125. The van der Waals surface area contributed by atoms with Crippen molar-refractivity contribution in [3.05, 3.63) is 24.3 Å². The van der Waals surface area contributed by atoms with Crippen molar-refractivity contribution in [3.8, 4) is 0 Å². The molecule has 21 heavy (non-hydrogen) atoms. The van der Waals surface area contributed by atoms with Crippen LogP contribution >= 0.6 is 0 Å². The molecule has 112 valence electrons. The Morgan fingerprint density at radius 3 is 2.67 bits per heavy atom. The molecule has 1 aromatic carbocycles. The highest BCUT2D eigenvalue weighted by atomic mass is 16.6. The standard InChI is InChI=1S/C14H16N2O5/c17-13-9-20-6-5-15(13)10-1-3-11(4-2-10)16(14(18)19)7-12-8-21-12/h1-4,12H,5-9H2,(H,18,19)/t12-/m1/s1. The number of anilines is 2. The maximum Gasteiger partial charge on any atom is 0.411 e. The maximum atomic E-state index is 11.8. The molecule has 0 spiro atoms. The molecule has 1 atom stereocenters. The summed E-state index contributed by atoms with van der Waals surface area (Å²) in [7, 11) is 0. The minimum absolute atomic E-state index is 0.0124. The zero-order valence-corrected chi connectivity index (χ0v) is 11.4. The number of hydrogen-bond acceptors (Lipinski definition) is 4. The van der Waals surface area contributed by atoms with Crippen molar-refractivity contribution in [2.24, 2.45) is 0 Å². The van der Waals surface area contributed by atoms with Crippen LogP contribution in [0, 0.1) is 0 Å². The van der Waals surface area contributed by atoms with Gasteiger partial charge in [0.25, 0.3) is 5.91 Å². The summed E-state index contributed by atoms with van der Waals surface area (Å²) in [6.45, 7) is 2.03. The molecule has 7 heteroatoms. The van der Waals surface area contributed by atoms with Gasteiger partial charge in [-0.1, -0.05) is 0 Å². The number of benzene rings is 1. The first-order chi connectivity index (χ1) is 10.1. The van der Waals surface area contributed by atoms with Crippen LogP contribution in [-0.2, 0) is 14.3 Å². The maximum absolute atomic E-state index is 11.8. The summed E-state index contributed by atoms with van der Waals surface area (Å²) in [5.41, 5.74) is 1.32. The van der Waals surface area contributed by atoms with E-state index in [4.69, 9.17) is 9.47 Å². The molecule has 0 aliphatic carbocycles. The van der Waals surface area contributed by atoms with Gasteiger partial charge in [-0.2, -0.15) is 0 Å². The van der Waals surface area contributed by atoms with Gasteiger partial charge in [0.1, 0.15) is 6.61 Å². The summed E-state index contributed by atoms with van der Waals surface area (Å²) >= 11 is 0. The first kappa shape index (κ1) is 13.8. The number of carboxylic acid groups (broad SMARTS) is 1. The summed E-state index contributed by atoms with van der Waals surface area (Å²) in [4.78, 5) is 25.9. The molecular weight excluding hydrogens is 276 g/mol. The van der Waals surface area contributed by atoms with Gasteiger partial charge in [0.15, 0.2) is 0 Å². The number of morpholine rings is 1. The summed E-state index contributed by atoms with van der Waals surface area (Å²) in [6, 6.07) is 6.91. The van der Waals surface area contributed by atoms with Crippen LogP contribution in [-0.4, -0.2) is 56.1 Å². The van der Waals surface area contributed by atoms with E-state index >= 15 is 0 Å². The molecule has 0 bridgehead atoms. The molecule has 2 aliphatic rings. The Balaban J connectivity index is 1.75. The number of epoxide rings is 1. The molecule has 2 saturated heterocycles. The zero-order valence-electron chi connectivity index (χ0n) is 11.4. The number of ether oxygens (including phenoxy) is 2. The molecular formula is C14H16N2O5. The van der Waals surface area contributed by atoms with Gasteiger partial charge in [0.05, 0.1) is 25.9 Å². The van der Waals surface area contributed by atoms with E-state index in [1.54, 1.807) is 29.2 Å². The molecule has 7 nitrogen and oxygen atoms in total. The predicted molar refractivity (Wildman–Crippen MR) is 74.7 cm³/mol. The van der Waals surface area contributed by atoms with Crippen molar-refractivity contribution in [1.82, 2.24) is 0 Å². The number of amides is 2. The summed E-state index contributed by atoms with van der Waals surface area (Å²) in [5.74, 6) is -0.0875. The molecule has 3 rings (SSSR count). The van der Waals surface area contributed by atoms with E-state index in [0.29, 0.717) is 32.0 Å². The third-order valence-corrected chi connectivity index (χ3v) is 3.48. The highest BCUT2D eigenvalue weighted by Crippen LogP contribution is 2.24. The fourth-order valence-electron chi connectivity index (χ4n) is 2.27. The monoisotopic (exact) mass is 292 g/mol. The number of hydrogen-bond donors (Lipinski definition) is 1. The number of carbonyl (C=O) groups is 2. The molecule has 2 aliphatic heterocycles. The molecule has 2 amide bonds. The van der Waals surface area contributed by atoms with Crippen LogP contribution < -0.4 is 9.80 Å². The Morgan fingerprint density at radius 1 is 1.38 bits per heavy atom. The SMILES string of the molecule is O=C(O)N(C[C@@H]1CO1)c1ccc(N2CCOCC2=O)cc1. The molecule has 0 radical (unpaired) electrons. The highest BCUT2D eigenvalue weighted by Gasteiger charge is 2.29. The van der Waals surface area contributed by atoms with Gasteiger partial charge in [-0.15, -0.1) is 0 Å². The highest BCUT2D eigenvalue weighted by molar-refractivity contribution is 5.95. The Hall–Kier alpha value is -2.12. The van der Waals surface area contributed by atoms with Gasteiger partial charge in [-0.25, -0.2) is 4.79 Å². The second-order valence-corrected chi connectivity index (χ2v) is 4.96. The number of carbonyl (C=O) groups excluding carboxylic acids is 1. The molecule has 2 fully saturated rings.